The Morgan fingerprint density at radius 1 is 1.03 bits per heavy atom. The molecule has 0 bridgehead atoms. The van der Waals surface area contributed by atoms with E-state index in [4.69, 9.17) is 18.9 Å². The van der Waals surface area contributed by atoms with Gasteiger partial charge in [0.15, 0.2) is 0 Å². The first kappa shape index (κ1) is 24.0. The molecule has 2 aromatic carbocycles. The Bertz CT molecular complexity index is 1050. The molecule has 2 aliphatic rings. The Labute approximate surface area is 200 Å². The molecule has 1 fully saturated rings. The number of fused-ring (bicyclic) bond motifs is 1. The minimum atomic E-state index is -0.358. The van der Waals surface area contributed by atoms with E-state index < -0.39 is 0 Å². The fourth-order valence-electron chi connectivity index (χ4n) is 4.38. The van der Waals surface area contributed by atoms with Crippen molar-refractivity contribution in [1.82, 2.24) is 0 Å². The number of methoxy groups -OCH3 is 1. The van der Waals surface area contributed by atoms with Crippen LogP contribution in [-0.4, -0.2) is 31.1 Å². The summed E-state index contributed by atoms with van der Waals surface area (Å²) in [5.74, 6) is 0.309. The Kier molecular flexibility index (Phi) is 7.08. The van der Waals surface area contributed by atoms with Crippen molar-refractivity contribution in [2.45, 2.75) is 64.3 Å². The summed E-state index contributed by atoms with van der Waals surface area (Å²) in [5, 5.41) is 0. The van der Waals surface area contributed by atoms with Crippen LogP contribution in [0.3, 0.4) is 0 Å². The van der Waals surface area contributed by atoms with E-state index in [-0.39, 0.29) is 41.1 Å². The lowest BCUT2D eigenvalue weighted by molar-refractivity contribution is -0.134. The number of ether oxygens (including phenoxy) is 4. The molecule has 3 atom stereocenters. The first-order chi connectivity index (χ1) is 16.2. The molecule has 1 aliphatic heterocycles. The van der Waals surface area contributed by atoms with Gasteiger partial charge in [-0.05, 0) is 53.6 Å². The van der Waals surface area contributed by atoms with Crippen LogP contribution in [0.2, 0.25) is 0 Å². The summed E-state index contributed by atoms with van der Waals surface area (Å²) in [7, 11) is 1.36. The number of carbonyl (C=O) groups is 2. The third-order valence-corrected chi connectivity index (χ3v) is 6.48. The molecule has 4 rings (SSSR count). The lowest BCUT2D eigenvalue weighted by Crippen LogP contribution is -2.42. The topological polar surface area (TPSA) is 71.1 Å². The molecule has 1 aliphatic carbocycles. The summed E-state index contributed by atoms with van der Waals surface area (Å²) in [6.45, 7) is 6.91. The van der Waals surface area contributed by atoms with E-state index in [1.54, 1.807) is 12.1 Å². The van der Waals surface area contributed by atoms with Crippen LogP contribution in [0.1, 0.15) is 61.5 Å². The van der Waals surface area contributed by atoms with E-state index in [1.165, 1.54) is 18.9 Å². The summed E-state index contributed by atoms with van der Waals surface area (Å²) >= 11 is 0. The van der Waals surface area contributed by atoms with Crippen LogP contribution in [0.4, 0.5) is 0 Å². The van der Waals surface area contributed by atoms with Gasteiger partial charge < -0.3 is 18.9 Å². The molecule has 6 heteroatoms. The monoisotopic (exact) mass is 464 g/mol. The van der Waals surface area contributed by atoms with Gasteiger partial charge in [0.2, 0.25) is 11.5 Å². The van der Waals surface area contributed by atoms with E-state index in [0.29, 0.717) is 30.8 Å². The summed E-state index contributed by atoms with van der Waals surface area (Å²) in [6.07, 6.45) is 3.39. The Morgan fingerprint density at radius 2 is 1.74 bits per heavy atom. The Morgan fingerprint density at radius 3 is 2.38 bits per heavy atom. The molecule has 0 saturated heterocycles. The number of Topliss-reactive ketones (excluding diaryl/α,β-unsaturated/α-hetero) is 1. The number of ketones is 1. The number of hydrogen-bond donors (Lipinski definition) is 0. The van der Waals surface area contributed by atoms with Gasteiger partial charge in [0.1, 0.15) is 18.1 Å². The van der Waals surface area contributed by atoms with Gasteiger partial charge in [-0.25, -0.2) is 4.79 Å². The maximum absolute atomic E-state index is 13.0. The zero-order valence-corrected chi connectivity index (χ0v) is 20.2. The van der Waals surface area contributed by atoms with Gasteiger partial charge in [-0.1, -0.05) is 45.0 Å². The third kappa shape index (κ3) is 5.50. The minimum Gasteiger partial charge on any atom is -0.493 e. The van der Waals surface area contributed by atoms with Crippen LogP contribution in [0.15, 0.2) is 60.6 Å². The molecule has 0 amide bonds. The highest BCUT2D eigenvalue weighted by molar-refractivity contribution is 5.96. The van der Waals surface area contributed by atoms with Crippen molar-refractivity contribution in [3.05, 3.63) is 77.2 Å². The van der Waals surface area contributed by atoms with E-state index in [9.17, 15) is 9.59 Å². The molecule has 34 heavy (non-hydrogen) atoms. The first-order valence-electron chi connectivity index (χ1n) is 11.7. The molecule has 6 nitrogen and oxygen atoms in total. The largest absolute Gasteiger partial charge is 0.493 e. The van der Waals surface area contributed by atoms with Crippen molar-refractivity contribution in [2.24, 2.45) is 5.92 Å². The summed E-state index contributed by atoms with van der Waals surface area (Å²) in [4.78, 5) is 24.6. The van der Waals surface area contributed by atoms with Gasteiger partial charge in [-0.3, -0.25) is 4.79 Å². The Balaban J connectivity index is 1.31. The summed E-state index contributed by atoms with van der Waals surface area (Å²) in [5.41, 5.74) is 2.75. The Hall–Kier alpha value is -3.12. The number of carbonyl (C=O) groups excluding carboxylic acids is 2. The standard InChI is InChI=1S/C28H32O6/c1-28(2,3)20-9-11-21(12-10-20)34-25-17-33-24-15-22(13-14-23(24)26(25)29)32-16-18-5-7-19(8-6-18)27(30)31-4/h5-12,17,22-24H,13-16H2,1-4H3. The molecule has 1 saturated carbocycles. The van der Waals surface area contributed by atoms with E-state index in [1.807, 2.05) is 36.4 Å². The molecule has 0 spiro atoms. The van der Waals surface area contributed by atoms with Gasteiger partial charge in [0.25, 0.3) is 0 Å². The van der Waals surface area contributed by atoms with Crippen LogP contribution in [0.5, 0.6) is 5.75 Å². The average Bonchev–Trinajstić information content (AvgIpc) is 2.84. The highest BCUT2D eigenvalue weighted by Gasteiger charge is 2.41. The third-order valence-electron chi connectivity index (χ3n) is 6.48. The molecule has 2 aromatic rings. The van der Waals surface area contributed by atoms with Crippen LogP contribution >= 0.6 is 0 Å². The molecule has 1 heterocycles. The number of esters is 1. The fraction of sp³-hybridized carbons (Fsp3) is 0.429. The van der Waals surface area contributed by atoms with Crippen molar-refractivity contribution in [1.29, 1.82) is 0 Å². The zero-order valence-electron chi connectivity index (χ0n) is 20.2. The van der Waals surface area contributed by atoms with Crippen molar-refractivity contribution < 1.29 is 28.5 Å². The van der Waals surface area contributed by atoms with Gasteiger partial charge in [0, 0.05) is 6.42 Å². The predicted molar refractivity (Wildman–Crippen MR) is 127 cm³/mol. The highest BCUT2D eigenvalue weighted by atomic mass is 16.5. The van der Waals surface area contributed by atoms with E-state index in [0.717, 1.165) is 12.0 Å². The van der Waals surface area contributed by atoms with Crippen LogP contribution in [0.25, 0.3) is 0 Å². The van der Waals surface area contributed by atoms with E-state index >= 15 is 0 Å². The van der Waals surface area contributed by atoms with Gasteiger partial charge in [-0.15, -0.1) is 0 Å². The maximum Gasteiger partial charge on any atom is 0.337 e. The van der Waals surface area contributed by atoms with Crippen molar-refractivity contribution in [3.63, 3.8) is 0 Å². The predicted octanol–water partition coefficient (Wildman–Crippen LogP) is 5.34. The van der Waals surface area contributed by atoms with Crippen molar-refractivity contribution in [3.8, 4) is 5.75 Å². The van der Waals surface area contributed by atoms with Crippen LogP contribution in [-0.2, 0) is 31.0 Å². The van der Waals surface area contributed by atoms with Crippen LogP contribution in [0, 0.1) is 5.92 Å². The SMILES string of the molecule is COC(=O)c1ccc(COC2CCC3C(=O)C(Oc4ccc(C(C)(C)C)cc4)=COC3C2)cc1. The van der Waals surface area contributed by atoms with Gasteiger partial charge in [0.05, 0.1) is 31.3 Å². The lowest BCUT2D eigenvalue weighted by atomic mass is 9.80. The average molecular weight is 465 g/mol. The smallest absolute Gasteiger partial charge is 0.337 e. The fourth-order valence-corrected chi connectivity index (χ4v) is 4.38. The molecule has 3 unspecified atom stereocenters. The number of allylic oxidation sites excluding steroid dienone is 1. The normalized spacial score (nSPS) is 22.3. The second-order valence-corrected chi connectivity index (χ2v) is 9.94. The van der Waals surface area contributed by atoms with Gasteiger partial charge in [-0.2, -0.15) is 0 Å². The lowest BCUT2D eigenvalue weighted by Gasteiger charge is -2.37. The quantitative estimate of drug-likeness (QED) is 0.537. The summed E-state index contributed by atoms with van der Waals surface area (Å²) < 4.78 is 22.6. The van der Waals surface area contributed by atoms with Crippen molar-refractivity contribution in [2.75, 3.05) is 7.11 Å². The highest BCUT2D eigenvalue weighted by Crippen LogP contribution is 2.35. The number of hydrogen-bond acceptors (Lipinski definition) is 6. The molecule has 0 N–H and O–H groups in total. The zero-order chi connectivity index (χ0) is 24.3. The summed E-state index contributed by atoms with van der Waals surface area (Å²) in [6, 6.07) is 15.0. The van der Waals surface area contributed by atoms with Crippen LogP contribution < -0.4 is 4.74 Å². The number of rotatable bonds is 6. The molecular formula is C28H32O6. The number of benzene rings is 2. The first-order valence-corrected chi connectivity index (χ1v) is 11.7. The minimum absolute atomic E-state index is 0.00648. The van der Waals surface area contributed by atoms with E-state index in [2.05, 4.69) is 20.8 Å². The molecule has 0 aromatic heterocycles. The van der Waals surface area contributed by atoms with Crippen molar-refractivity contribution >= 4 is 11.8 Å². The molecule has 0 radical (unpaired) electrons. The molecule has 180 valence electrons. The second-order valence-electron chi connectivity index (χ2n) is 9.94. The second kappa shape index (κ2) is 10.0. The molecular weight excluding hydrogens is 432 g/mol. The maximum atomic E-state index is 13.0. The van der Waals surface area contributed by atoms with Gasteiger partial charge >= 0.3 is 5.97 Å².